The van der Waals surface area contributed by atoms with Crippen molar-refractivity contribution in [1.82, 2.24) is 24.3 Å². The van der Waals surface area contributed by atoms with Gasteiger partial charge in [-0.3, -0.25) is 14.2 Å². The van der Waals surface area contributed by atoms with Crippen LogP contribution >= 0.6 is 15.9 Å². The summed E-state index contributed by atoms with van der Waals surface area (Å²) in [6.45, 7) is -0.174. The van der Waals surface area contributed by atoms with E-state index in [-0.39, 0.29) is 31.0 Å². The first-order valence-electron chi connectivity index (χ1n) is 11.8. The number of hydrazone groups is 1. The number of carbonyl (C=O) groups is 1. The number of methoxy groups -OCH3 is 2. The molecule has 11 nitrogen and oxygen atoms in total. The Kier molecular flexibility index (Phi) is 7.25. The van der Waals surface area contributed by atoms with Gasteiger partial charge in [0.15, 0.2) is 17.1 Å². The Labute approximate surface area is 226 Å². The maximum Gasteiger partial charge on any atom is 0.264 e. The summed E-state index contributed by atoms with van der Waals surface area (Å²) in [6.07, 6.45) is 3.19. The van der Waals surface area contributed by atoms with E-state index in [0.717, 1.165) is 21.3 Å². The van der Waals surface area contributed by atoms with E-state index in [1.807, 2.05) is 36.4 Å². The summed E-state index contributed by atoms with van der Waals surface area (Å²) in [5.41, 5.74) is 2.42. The first-order chi connectivity index (χ1) is 18.4. The zero-order valence-corrected chi connectivity index (χ0v) is 22.3. The smallest absolute Gasteiger partial charge is 0.264 e. The Morgan fingerprint density at radius 2 is 1.89 bits per heavy atom. The van der Waals surface area contributed by atoms with Gasteiger partial charge in [-0.1, -0.05) is 34.1 Å². The van der Waals surface area contributed by atoms with Crippen LogP contribution in [0.5, 0.6) is 11.5 Å². The Bertz CT molecular complexity index is 1580. The fourth-order valence-electron chi connectivity index (χ4n) is 4.46. The number of ether oxygens (including phenoxy) is 2. The zero-order chi connectivity index (χ0) is 26.8. The van der Waals surface area contributed by atoms with Crippen molar-refractivity contribution in [3.63, 3.8) is 0 Å². The number of hydrogen-bond acceptors (Lipinski definition) is 8. The van der Waals surface area contributed by atoms with Gasteiger partial charge in [0.1, 0.15) is 18.3 Å². The van der Waals surface area contributed by atoms with Gasteiger partial charge in [0, 0.05) is 10.9 Å². The molecule has 1 aliphatic rings. The van der Waals surface area contributed by atoms with Crippen LogP contribution in [-0.4, -0.2) is 61.9 Å². The van der Waals surface area contributed by atoms with Crippen molar-refractivity contribution in [3.8, 4) is 11.5 Å². The van der Waals surface area contributed by atoms with E-state index in [0.29, 0.717) is 23.6 Å². The van der Waals surface area contributed by atoms with Crippen LogP contribution in [0.2, 0.25) is 0 Å². The molecule has 4 aromatic rings. The van der Waals surface area contributed by atoms with Gasteiger partial charge in [0.05, 0.1) is 45.3 Å². The van der Waals surface area contributed by atoms with Crippen LogP contribution < -0.4 is 15.0 Å². The van der Waals surface area contributed by atoms with E-state index >= 15 is 0 Å². The third-order valence-corrected chi connectivity index (χ3v) is 6.90. The Hall–Kier alpha value is -4.03. The SMILES string of the molecule is COc1ccc(C2CC(c3ccc(Br)cc3)=NN2C(=O)Cn2cnc3c(cnn3CCO)c2=O)cc1OC. The molecule has 0 saturated heterocycles. The van der Waals surface area contributed by atoms with E-state index < -0.39 is 11.6 Å². The fraction of sp³-hybridized carbons (Fsp3) is 0.269. The van der Waals surface area contributed by atoms with Crippen LogP contribution in [0.25, 0.3) is 11.0 Å². The van der Waals surface area contributed by atoms with Crippen molar-refractivity contribution in [2.75, 3.05) is 20.8 Å². The maximum absolute atomic E-state index is 13.6. The van der Waals surface area contributed by atoms with Gasteiger partial charge in [-0.15, -0.1) is 0 Å². The second kappa shape index (κ2) is 10.8. The van der Waals surface area contributed by atoms with Crippen LogP contribution in [0.3, 0.4) is 0 Å². The van der Waals surface area contributed by atoms with E-state index in [1.54, 1.807) is 20.3 Å². The number of aliphatic hydroxyl groups excluding tert-OH is 1. The summed E-state index contributed by atoms with van der Waals surface area (Å²) < 4.78 is 14.5. The van der Waals surface area contributed by atoms with Crippen LogP contribution in [0.1, 0.15) is 23.6 Å². The molecule has 38 heavy (non-hydrogen) atoms. The van der Waals surface area contributed by atoms with Crippen molar-refractivity contribution < 1.29 is 19.4 Å². The largest absolute Gasteiger partial charge is 0.493 e. The number of hydrogen-bond donors (Lipinski definition) is 1. The molecular formula is C26H25BrN6O5. The Morgan fingerprint density at radius 3 is 2.61 bits per heavy atom. The predicted molar refractivity (Wildman–Crippen MR) is 143 cm³/mol. The maximum atomic E-state index is 13.6. The quantitative estimate of drug-likeness (QED) is 0.340. The van der Waals surface area contributed by atoms with Crippen molar-refractivity contribution >= 4 is 38.6 Å². The molecule has 3 heterocycles. The Balaban J connectivity index is 1.49. The Morgan fingerprint density at radius 1 is 1.13 bits per heavy atom. The average molecular weight is 581 g/mol. The summed E-state index contributed by atoms with van der Waals surface area (Å²) >= 11 is 3.45. The molecule has 1 aliphatic heterocycles. The molecule has 1 atom stereocenters. The highest BCUT2D eigenvalue weighted by atomic mass is 79.9. The molecule has 0 spiro atoms. The minimum absolute atomic E-state index is 0.134. The lowest BCUT2D eigenvalue weighted by Gasteiger charge is -2.23. The number of rotatable bonds is 8. The van der Waals surface area contributed by atoms with Crippen molar-refractivity contribution in [3.05, 3.63) is 80.9 Å². The summed E-state index contributed by atoms with van der Waals surface area (Å²) in [6, 6.07) is 12.8. The summed E-state index contributed by atoms with van der Waals surface area (Å²) in [4.78, 5) is 31.0. The fourth-order valence-corrected chi connectivity index (χ4v) is 4.73. The minimum atomic E-state index is -0.416. The monoisotopic (exact) mass is 580 g/mol. The summed E-state index contributed by atoms with van der Waals surface area (Å²) in [7, 11) is 3.12. The zero-order valence-electron chi connectivity index (χ0n) is 20.7. The molecule has 0 fully saturated rings. The normalized spacial score (nSPS) is 15.1. The number of aliphatic hydroxyl groups is 1. The van der Waals surface area contributed by atoms with Gasteiger partial charge in [0.25, 0.3) is 11.5 Å². The van der Waals surface area contributed by atoms with E-state index in [4.69, 9.17) is 14.6 Å². The number of aromatic nitrogens is 4. The van der Waals surface area contributed by atoms with E-state index in [9.17, 15) is 14.7 Å². The lowest BCUT2D eigenvalue weighted by atomic mass is 9.98. The number of nitrogens with zero attached hydrogens (tertiary/aromatic N) is 6. The second-order valence-electron chi connectivity index (χ2n) is 8.63. The van der Waals surface area contributed by atoms with Crippen molar-refractivity contribution in [2.45, 2.75) is 25.6 Å². The number of benzene rings is 2. The van der Waals surface area contributed by atoms with Gasteiger partial charge < -0.3 is 14.6 Å². The lowest BCUT2D eigenvalue weighted by Crippen LogP contribution is -2.34. The third-order valence-electron chi connectivity index (χ3n) is 6.38. The third kappa shape index (κ3) is 4.79. The highest BCUT2D eigenvalue weighted by molar-refractivity contribution is 9.10. The molecule has 0 aliphatic carbocycles. The number of carbonyl (C=O) groups excluding carboxylic acids is 1. The first kappa shape index (κ1) is 25.6. The molecular weight excluding hydrogens is 556 g/mol. The number of halogens is 1. The van der Waals surface area contributed by atoms with Crippen LogP contribution in [0, 0.1) is 0 Å². The second-order valence-corrected chi connectivity index (χ2v) is 9.55. The molecule has 2 aromatic carbocycles. The van der Waals surface area contributed by atoms with Gasteiger partial charge in [-0.25, -0.2) is 14.7 Å². The van der Waals surface area contributed by atoms with Gasteiger partial charge in [0.2, 0.25) is 0 Å². The number of amides is 1. The summed E-state index contributed by atoms with van der Waals surface area (Å²) in [5.74, 6) is 0.747. The van der Waals surface area contributed by atoms with Gasteiger partial charge >= 0.3 is 0 Å². The summed E-state index contributed by atoms with van der Waals surface area (Å²) in [5, 5.41) is 19.7. The molecule has 12 heteroatoms. The minimum Gasteiger partial charge on any atom is -0.493 e. The predicted octanol–water partition coefficient (Wildman–Crippen LogP) is 2.74. The molecule has 1 N–H and O–H groups in total. The molecule has 0 bridgehead atoms. The van der Waals surface area contributed by atoms with Crippen LogP contribution in [0.15, 0.2) is 69.4 Å². The van der Waals surface area contributed by atoms with Crippen LogP contribution in [0.4, 0.5) is 0 Å². The standard InChI is InChI=1S/C26H25BrN6O5/c1-37-22-8-5-17(11-23(22)38-2)21-12-20(16-3-6-18(27)7-4-16)30-33(21)24(35)14-31-15-28-25-19(26(31)36)13-29-32(25)9-10-34/h3-8,11,13,15,21,34H,9-10,12,14H2,1-2H3. The van der Waals surface area contributed by atoms with Gasteiger partial charge in [-0.05, 0) is 35.4 Å². The van der Waals surface area contributed by atoms with E-state index in [2.05, 4.69) is 26.0 Å². The first-order valence-corrected chi connectivity index (χ1v) is 12.6. The molecule has 5 rings (SSSR count). The van der Waals surface area contributed by atoms with Crippen molar-refractivity contribution in [1.29, 1.82) is 0 Å². The van der Waals surface area contributed by atoms with Crippen molar-refractivity contribution in [2.24, 2.45) is 5.10 Å². The lowest BCUT2D eigenvalue weighted by molar-refractivity contribution is -0.133. The topological polar surface area (TPSA) is 124 Å². The highest BCUT2D eigenvalue weighted by Gasteiger charge is 2.34. The van der Waals surface area contributed by atoms with E-state index in [1.165, 1.54) is 26.8 Å². The van der Waals surface area contributed by atoms with Gasteiger partial charge in [-0.2, -0.15) is 10.2 Å². The van der Waals surface area contributed by atoms with Crippen LogP contribution in [-0.2, 0) is 17.9 Å². The molecule has 1 amide bonds. The molecule has 196 valence electrons. The molecule has 2 aromatic heterocycles. The molecule has 0 radical (unpaired) electrons. The molecule has 1 unspecified atom stereocenters. The molecule has 0 saturated carbocycles. The number of fused-ring (bicyclic) bond motifs is 1. The highest BCUT2D eigenvalue weighted by Crippen LogP contribution is 2.37. The average Bonchev–Trinajstić information content (AvgIpc) is 3.56.